The highest BCUT2D eigenvalue weighted by Gasteiger charge is 2.06. The minimum Gasteiger partial charge on any atom is -0.493 e. The predicted octanol–water partition coefficient (Wildman–Crippen LogP) is 3.72. The van der Waals surface area contributed by atoms with Crippen LogP contribution in [0.5, 0.6) is 5.75 Å². The monoisotopic (exact) mass is 255 g/mol. The Bertz CT molecular complexity index is 494. The van der Waals surface area contributed by atoms with Gasteiger partial charge in [-0.2, -0.15) is 0 Å². The standard InChI is InChI=1S/C17H21NO/c1-14(18)16-11-5-6-12-17(16)19-13-7-10-15-8-3-2-4-9-15/h2-6,8-9,11-12,14H,7,10,13,18H2,1H3/t14-/m0/s1. The summed E-state index contributed by atoms with van der Waals surface area (Å²) >= 11 is 0. The van der Waals surface area contributed by atoms with Crippen molar-refractivity contribution < 1.29 is 4.74 Å². The van der Waals surface area contributed by atoms with Gasteiger partial charge in [0.25, 0.3) is 0 Å². The highest BCUT2D eigenvalue weighted by atomic mass is 16.5. The van der Waals surface area contributed by atoms with Gasteiger partial charge in [0.1, 0.15) is 5.75 Å². The number of benzene rings is 2. The van der Waals surface area contributed by atoms with Crippen molar-refractivity contribution in [3.63, 3.8) is 0 Å². The molecule has 0 aliphatic rings. The minimum absolute atomic E-state index is 0.00493. The number of nitrogens with two attached hydrogens (primary N) is 1. The first-order valence-corrected chi connectivity index (χ1v) is 6.78. The van der Waals surface area contributed by atoms with Crippen LogP contribution in [0.1, 0.15) is 30.5 Å². The normalized spacial score (nSPS) is 12.1. The van der Waals surface area contributed by atoms with Crippen molar-refractivity contribution in [2.75, 3.05) is 6.61 Å². The second-order valence-electron chi connectivity index (χ2n) is 4.76. The van der Waals surface area contributed by atoms with E-state index in [4.69, 9.17) is 10.5 Å². The first kappa shape index (κ1) is 13.6. The zero-order chi connectivity index (χ0) is 13.5. The molecule has 2 rings (SSSR count). The van der Waals surface area contributed by atoms with Crippen molar-refractivity contribution in [2.24, 2.45) is 5.73 Å². The first-order valence-electron chi connectivity index (χ1n) is 6.78. The summed E-state index contributed by atoms with van der Waals surface area (Å²) in [5.41, 5.74) is 8.35. The third kappa shape index (κ3) is 4.11. The molecule has 0 aliphatic heterocycles. The maximum atomic E-state index is 5.93. The Labute approximate surface area is 115 Å². The van der Waals surface area contributed by atoms with Gasteiger partial charge in [0, 0.05) is 11.6 Å². The summed E-state index contributed by atoms with van der Waals surface area (Å²) < 4.78 is 5.84. The van der Waals surface area contributed by atoms with E-state index in [2.05, 4.69) is 24.3 Å². The number of ether oxygens (including phenoxy) is 1. The van der Waals surface area contributed by atoms with Crippen molar-refractivity contribution in [2.45, 2.75) is 25.8 Å². The molecule has 0 saturated carbocycles. The van der Waals surface area contributed by atoms with Crippen LogP contribution in [0.25, 0.3) is 0 Å². The highest BCUT2D eigenvalue weighted by Crippen LogP contribution is 2.23. The Morgan fingerprint density at radius 2 is 1.68 bits per heavy atom. The van der Waals surface area contributed by atoms with Crippen LogP contribution in [0.2, 0.25) is 0 Å². The largest absolute Gasteiger partial charge is 0.493 e. The zero-order valence-electron chi connectivity index (χ0n) is 11.4. The van der Waals surface area contributed by atoms with E-state index in [1.165, 1.54) is 5.56 Å². The van der Waals surface area contributed by atoms with Gasteiger partial charge in [-0.1, -0.05) is 48.5 Å². The summed E-state index contributed by atoms with van der Waals surface area (Å²) in [5.74, 6) is 0.908. The molecular weight excluding hydrogens is 234 g/mol. The Morgan fingerprint density at radius 1 is 1.00 bits per heavy atom. The summed E-state index contributed by atoms with van der Waals surface area (Å²) in [6, 6.07) is 18.5. The van der Waals surface area contributed by atoms with Crippen LogP contribution < -0.4 is 10.5 Å². The molecule has 0 unspecified atom stereocenters. The van der Waals surface area contributed by atoms with Crippen LogP contribution in [0.15, 0.2) is 54.6 Å². The van der Waals surface area contributed by atoms with E-state index in [1.54, 1.807) is 0 Å². The smallest absolute Gasteiger partial charge is 0.124 e. The van der Waals surface area contributed by atoms with E-state index in [-0.39, 0.29) is 6.04 Å². The van der Waals surface area contributed by atoms with Crippen molar-refractivity contribution in [1.29, 1.82) is 0 Å². The molecule has 0 spiro atoms. The molecule has 19 heavy (non-hydrogen) atoms. The van der Waals surface area contributed by atoms with Crippen LogP contribution in [-0.2, 0) is 6.42 Å². The Balaban J connectivity index is 1.83. The SMILES string of the molecule is C[C@H](N)c1ccccc1OCCCc1ccccc1. The number of para-hydroxylation sites is 1. The Morgan fingerprint density at radius 3 is 2.42 bits per heavy atom. The molecule has 0 radical (unpaired) electrons. The fourth-order valence-corrected chi connectivity index (χ4v) is 2.09. The number of hydrogen-bond donors (Lipinski definition) is 1. The van der Waals surface area contributed by atoms with Gasteiger partial charge in [0.2, 0.25) is 0 Å². The van der Waals surface area contributed by atoms with Crippen LogP contribution in [0.4, 0.5) is 0 Å². The van der Waals surface area contributed by atoms with Crippen LogP contribution in [0.3, 0.4) is 0 Å². The molecule has 100 valence electrons. The van der Waals surface area contributed by atoms with Gasteiger partial charge in [-0.3, -0.25) is 0 Å². The molecule has 0 aromatic heterocycles. The molecule has 2 heteroatoms. The quantitative estimate of drug-likeness (QED) is 0.798. The van der Waals surface area contributed by atoms with Crippen LogP contribution in [0, 0.1) is 0 Å². The highest BCUT2D eigenvalue weighted by molar-refractivity contribution is 5.35. The van der Waals surface area contributed by atoms with Crippen LogP contribution >= 0.6 is 0 Å². The second kappa shape index (κ2) is 6.95. The molecule has 0 heterocycles. The lowest BCUT2D eigenvalue weighted by atomic mass is 10.1. The fourth-order valence-electron chi connectivity index (χ4n) is 2.09. The first-order chi connectivity index (χ1) is 9.27. The molecule has 2 aromatic rings. The molecule has 1 atom stereocenters. The summed E-state index contributed by atoms with van der Waals surface area (Å²) in [7, 11) is 0. The Kier molecular flexibility index (Phi) is 4.99. The zero-order valence-corrected chi connectivity index (χ0v) is 11.4. The average molecular weight is 255 g/mol. The average Bonchev–Trinajstić information content (AvgIpc) is 2.45. The number of aryl methyl sites for hydroxylation is 1. The van der Waals surface area contributed by atoms with E-state index in [0.29, 0.717) is 0 Å². The predicted molar refractivity (Wildman–Crippen MR) is 79.3 cm³/mol. The molecular formula is C17H21NO. The maximum Gasteiger partial charge on any atom is 0.124 e. The molecule has 0 aliphatic carbocycles. The fraction of sp³-hybridized carbons (Fsp3) is 0.294. The van der Waals surface area contributed by atoms with Gasteiger partial charge in [0.05, 0.1) is 6.61 Å². The lowest BCUT2D eigenvalue weighted by Gasteiger charge is -2.13. The maximum absolute atomic E-state index is 5.93. The molecule has 0 amide bonds. The summed E-state index contributed by atoms with van der Waals surface area (Å²) in [6.07, 6.45) is 2.05. The van der Waals surface area contributed by atoms with Gasteiger partial charge in [0.15, 0.2) is 0 Å². The molecule has 0 bridgehead atoms. The van der Waals surface area contributed by atoms with Crippen molar-refractivity contribution in [3.05, 3.63) is 65.7 Å². The minimum atomic E-state index is 0.00493. The molecule has 2 aromatic carbocycles. The van der Waals surface area contributed by atoms with Crippen LogP contribution in [-0.4, -0.2) is 6.61 Å². The number of hydrogen-bond acceptors (Lipinski definition) is 2. The topological polar surface area (TPSA) is 35.2 Å². The van der Waals surface area contributed by atoms with E-state index < -0.39 is 0 Å². The van der Waals surface area contributed by atoms with E-state index in [0.717, 1.165) is 30.8 Å². The summed E-state index contributed by atoms with van der Waals surface area (Å²) in [6.45, 7) is 2.70. The van der Waals surface area contributed by atoms with Crippen molar-refractivity contribution in [1.82, 2.24) is 0 Å². The van der Waals surface area contributed by atoms with Crippen molar-refractivity contribution in [3.8, 4) is 5.75 Å². The van der Waals surface area contributed by atoms with Gasteiger partial charge >= 0.3 is 0 Å². The summed E-state index contributed by atoms with van der Waals surface area (Å²) in [4.78, 5) is 0. The Hall–Kier alpha value is -1.80. The third-order valence-electron chi connectivity index (χ3n) is 3.12. The third-order valence-corrected chi connectivity index (χ3v) is 3.12. The lowest BCUT2D eigenvalue weighted by molar-refractivity contribution is 0.306. The molecule has 0 saturated heterocycles. The van der Waals surface area contributed by atoms with Gasteiger partial charge < -0.3 is 10.5 Å². The van der Waals surface area contributed by atoms with E-state index in [1.807, 2.05) is 37.3 Å². The van der Waals surface area contributed by atoms with Gasteiger partial charge in [-0.25, -0.2) is 0 Å². The lowest BCUT2D eigenvalue weighted by Crippen LogP contribution is -2.08. The molecule has 2 N–H and O–H groups in total. The number of rotatable bonds is 6. The van der Waals surface area contributed by atoms with E-state index in [9.17, 15) is 0 Å². The second-order valence-corrected chi connectivity index (χ2v) is 4.76. The molecule has 0 fully saturated rings. The van der Waals surface area contributed by atoms with Gasteiger partial charge in [-0.15, -0.1) is 0 Å². The van der Waals surface area contributed by atoms with Gasteiger partial charge in [-0.05, 0) is 31.4 Å². The molecule has 2 nitrogen and oxygen atoms in total. The van der Waals surface area contributed by atoms with Crippen molar-refractivity contribution >= 4 is 0 Å². The van der Waals surface area contributed by atoms with E-state index >= 15 is 0 Å². The summed E-state index contributed by atoms with van der Waals surface area (Å²) in [5, 5.41) is 0.